The van der Waals surface area contributed by atoms with Crippen molar-refractivity contribution < 1.29 is 13.2 Å². The number of Topliss-reactive ketones (excluding diaryl/α,β-unsaturated/α-hetero) is 1. The maximum absolute atomic E-state index is 11.5. The van der Waals surface area contributed by atoms with Gasteiger partial charge in [0, 0.05) is 31.0 Å². The molecule has 16 heavy (non-hydrogen) atoms. The van der Waals surface area contributed by atoms with Crippen molar-refractivity contribution >= 4 is 15.6 Å². The van der Waals surface area contributed by atoms with Gasteiger partial charge in [0.25, 0.3) is 0 Å². The summed E-state index contributed by atoms with van der Waals surface area (Å²) in [5.41, 5.74) is 0. The third kappa shape index (κ3) is 1.70. The lowest BCUT2D eigenvalue weighted by Gasteiger charge is -2.38. The average Bonchev–Trinajstić information content (AvgIpc) is 2.65. The lowest BCUT2D eigenvalue weighted by molar-refractivity contribution is -0.124. The van der Waals surface area contributed by atoms with Gasteiger partial charge in [-0.15, -0.1) is 0 Å². The minimum atomic E-state index is -2.80. The first-order valence-electron chi connectivity index (χ1n) is 6.05. The van der Waals surface area contributed by atoms with Crippen LogP contribution in [0.2, 0.25) is 0 Å². The summed E-state index contributed by atoms with van der Waals surface area (Å²) < 4.78 is 23.0. The molecule has 0 amide bonds. The van der Waals surface area contributed by atoms with Crippen LogP contribution in [0.15, 0.2) is 0 Å². The van der Waals surface area contributed by atoms with Crippen molar-refractivity contribution in [2.24, 2.45) is 0 Å². The molecule has 90 valence electrons. The van der Waals surface area contributed by atoms with Crippen LogP contribution in [-0.4, -0.2) is 48.7 Å². The van der Waals surface area contributed by atoms with Crippen molar-refractivity contribution in [2.45, 2.75) is 50.2 Å². The Balaban J connectivity index is 1.79. The SMILES string of the molecule is O=C1CC2CCC(C1)N2C1CCS(=O)(=O)C1. The van der Waals surface area contributed by atoms with E-state index in [1.165, 1.54) is 0 Å². The molecule has 3 fully saturated rings. The highest BCUT2D eigenvalue weighted by Crippen LogP contribution is 2.37. The zero-order valence-corrected chi connectivity index (χ0v) is 10.1. The second-order valence-corrected chi connectivity index (χ2v) is 7.56. The molecule has 3 saturated heterocycles. The zero-order valence-electron chi connectivity index (χ0n) is 9.26. The van der Waals surface area contributed by atoms with E-state index in [9.17, 15) is 13.2 Å². The lowest BCUT2D eigenvalue weighted by Crippen LogP contribution is -2.49. The highest BCUT2D eigenvalue weighted by molar-refractivity contribution is 7.91. The molecular formula is C11H17NO3S. The molecule has 3 aliphatic heterocycles. The molecule has 0 aromatic heterocycles. The van der Waals surface area contributed by atoms with Crippen LogP contribution in [-0.2, 0) is 14.6 Å². The Labute approximate surface area is 95.9 Å². The summed E-state index contributed by atoms with van der Waals surface area (Å²) in [6, 6.07) is 0.865. The molecule has 3 atom stereocenters. The van der Waals surface area contributed by atoms with Gasteiger partial charge >= 0.3 is 0 Å². The third-order valence-electron chi connectivity index (χ3n) is 4.23. The van der Waals surface area contributed by atoms with Crippen LogP contribution < -0.4 is 0 Å². The third-order valence-corrected chi connectivity index (χ3v) is 5.98. The molecule has 3 aliphatic rings. The summed E-state index contributed by atoms with van der Waals surface area (Å²) in [5.74, 6) is 1.01. The summed E-state index contributed by atoms with van der Waals surface area (Å²) >= 11 is 0. The van der Waals surface area contributed by atoms with Crippen molar-refractivity contribution in [3.63, 3.8) is 0 Å². The Morgan fingerprint density at radius 2 is 1.62 bits per heavy atom. The molecule has 0 N–H and O–H groups in total. The van der Waals surface area contributed by atoms with E-state index in [1.807, 2.05) is 0 Å². The molecule has 0 aromatic rings. The number of carbonyl (C=O) groups is 1. The molecule has 0 radical (unpaired) electrons. The van der Waals surface area contributed by atoms with Gasteiger partial charge in [0.05, 0.1) is 11.5 Å². The number of fused-ring (bicyclic) bond motifs is 2. The Morgan fingerprint density at radius 3 is 2.12 bits per heavy atom. The first-order chi connectivity index (χ1) is 7.55. The number of nitrogens with zero attached hydrogens (tertiary/aromatic N) is 1. The van der Waals surface area contributed by atoms with Crippen LogP contribution in [0.1, 0.15) is 32.1 Å². The first kappa shape index (κ1) is 10.7. The zero-order chi connectivity index (χ0) is 11.3. The summed E-state index contributed by atoms with van der Waals surface area (Å²) in [5, 5.41) is 0. The van der Waals surface area contributed by atoms with Crippen molar-refractivity contribution in [3.8, 4) is 0 Å². The van der Waals surface area contributed by atoms with E-state index in [1.54, 1.807) is 0 Å². The molecule has 0 aromatic carbocycles. The van der Waals surface area contributed by atoms with Gasteiger partial charge in [-0.1, -0.05) is 0 Å². The van der Waals surface area contributed by atoms with Crippen molar-refractivity contribution in [3.05, 3.63) is 0 Å². The predicted molar refractivity (Wildman–Crippen MR) is 59.9 cm³/mol. The van der Waals surface area contributed by atoms with Gasteiger partial charge in [-0.2, -0.15) is 0 Å². The van der Waals surface area contributed by atoms with E-state index in [4.69, 9.17) is 0 Å². The van der Waals surface area contributed by atoms with Gasteiger partial charge in [-0.25, -0.2) is 8.42 Å². The molecule has 3 rings (SSSR count). The number of ketones is 1. The fourth-order valence-electron chi connectivity index (χ4n) is 3.61. The molecule has 0 saturated carbocycles. The maximum Gasteiger partial charge on any atom is 0.151 e. The van der Waals surface area contributed by atoms with E-state index in [0.29, 0.717) is 42.2 Å². The average molecular weight is 243 g/mol. The highest BCUT2D eigenvalue weighted by Gasteiger charge is 2.46. The standard InChI is InChI=1S/C11H17NO3S/c13-11-5-8-1-2-9(6-11)12(8)10-3-4-16(14,15)7-10/h8-10H,1-7H2. The van der Waals surface area contributed by atoms with Crippen LogP contribution in [0.3, 0.4) is 0 Å². The number of hydrogen-bond donors (Lipinski definition) is 0. The Hall–Kier alpha value is -0.420. The Morgan fingerprint density at radius 1 is 1.00 bits per heavy atom. The fourth-order valence-corrected chi connectivity index (χ4v) is 5.33. The molecule has 0 aliphatic carbocycles. The molecule has 4 nitrogen and oxygen atoms in total. The van der Waals surface area contributed by atoms with Crippen LogP contribution in [0, 0.1) is 0 Å². The topological polar surface area (TPSA) is 54.5 Å². The Bertz CT molecular complexity index is 401. The van der Waals surface area contributed by atoms with Crippen molar-refractivity contribution in [1.29, 1.82) is 0 Å². The number of carbonyl (C=O) groups excluding carboxylic acids is 1. The van der Waals surface area contributed by atoms with Gasteiger partial charge in [0.1, 0.15) is 5.78 Å². The van der Waals surface area contributed by atoms with E-state index in [-0.39, 0.29) is 6.04 Å². The Kier molecular flexibility index (Phi) is 2.37. The summed E-state index contributed by atoms with van der Waals surface area (Å²) in [4.78, 5) is 13.8. The molecule has 0 spiro atoms. The van der Waals surface area contributed by atoms with E-state index < -0.39 is 9.84 Å². The first-order valence-corrected chi connectivity index (χ1v) is 7.87. The van der Waals surface area contributed by atoms with Crippen LogP contribution in [0.25, 0.3) is 0 Å². The van der Waals surface area contributed by atoms with Crippen LogP contribution in [0.4, 0.5) is 0 Å². The minimum absolute atomic E-state index is 0.190. The summed E-state index contributed by atoms with van der Waals surface area (Å²) in [6.07, 6.45) is 4.21. The maximum atomic E-state index is 11.5. The molecule has 3 unspecified atom stereocenters. The highest BCUT2D eigenvalue weighted by atomic mass is 32.2. The molecular weight excluding hydrogens is 226 g/mol. The summed E-state index contributed by atoms with van der Waals surface area (Å²) in [7, 11) is -2.80. The van der Waals surface area contributed by atoms with E-state index >= 15 is 0 Å². The summed E-state index contributed by atoms with van der Waals surface area (Å²) in [6.45, 7) is 0. The van der Waals surface area contributed by atoms with Gasteiger partial charge in [0.2, 0.25) is 0 Å². The number of rotatable bonds is 1. The largest absolute Gasteiger partial charge is 0.300 e. The van der Waals surface area contributed by atoms with Crippen LogP contribution >= 0.6 is 0 Å². The second kappa shape index (κ2) is 3.53. The number of hydrogen-bond acceptors (Lipinski definition) is 4. The molecule has 3 heterocycles. The quantitative estimate of drug-likeness (QED) is 0.667. The number of sulfone groups is 1. The van der Waals surface area contributed by atoms with E-state index in [2.05, 4.69) is 4.90 Å². The van der Waals surface area contributed by atoms with Crippen LogP contribution in [0.5, 0.6) is 0 Å². The van der Waals surface area contributed by atoms with Gasteiger partial charge < -0.3 is 0 Å². The van der Waals surface area contributed by atoms with Gasteiger partial charge in [0.15, 0.2) is 9.84 Å². The predicted octanol–water partition coefficient (Wildman–Crippen LogP) is 0.369. The van der Waals surface area contributed by atoms with Crippen molar-refractivity contribution in [1.82, 2.24) is 4.90 Å². The van der Waals surface area contributed by atoms with Gasteiger partial charge in [-0.3, -0.25) is 9.69 Å². The second-order valence-electron chi connectivity index (χ2n) is 5.34. The fraction of sp³-hybridized carbons (Fsp3) is 0.909. The number of piperidine rings is 1. The van der Waals surface area contributed by atoms with Gasteiger partial charge in [-0.05, 0) is 19.3 Å². The monoisotopic (exact) mass is 243 g/mol. The molecule has 2 bridgehead atoms. The lowest BCUT2D eigenvalue weighted by atomic mass is 9.99. The van der Waals surface area contributed by atoms with Crippen molar-refractivity contribution in [2.75, 3.05) is 11.5 Å². The smallest absolute Gasteiger partial charge is 0.151 e. The molecule has 5 heteroatoms. The van der Waals surface area contributed by atoms with E-state index in [0.717, 1.165) is 19.3 Å². The minimum Gasteiger partial charge on any atom is -0.300 e. The normalized spacial score (nSPS) is 42.8.